The van der Waals surface area contributed by atoms with Crippen molar-refractivity contribution in [1.29, 1.82) is 0 Å². The lowest BCUT2D eigenvalue weighted by Crippen LogP contribution is -2.19. The third-order valence-electron chi connectivity index (χ3n) is 4.72. The van der Waals surface area contributed by atoms with E-state index in [1.165, 1.54) is 16.0 Å². The van der Waals surface area contributed by atoms with Crippen LogP contribution in [0.5, 0.6) is 0 Å². The Kier molecular flexibility index (Phi) is 4.57. The highest BCUT2D eigenvalue weighted by atomic mass is 32.1. The summed E-state index contributed by atoms with van der Waals surface area (Å²) in [6.07, 6.45) is 1.68. The van der Waals surface area contributed by atoms with Gasteiger partial charge in [0.05, 0.1) is 27.2 Å². The van der Waals surface area contributed by atoms with Crippen LogP contribution in [0, 0.1) is 0 Å². The van der Waals surface area contributed by atoms with E-state index in [1.54, 1.807) is 6.20 Å². The van der Waals surface area contributed by atoms with Crippen LogP contribution in [-0.4, -0.2) is 25.5 Å². The molecule has 3 heterocycles. The Labute approximate surface area is 176 Å². The first-order valence-electron chi connectivity index (χ1n) is 9.44. The minimum absolute atomic E-state index is 0.190. The molecule has 0 radical (unpaired) electrons. The van der Waals surface area contributed by atoms with Crippen molar-refractivity contribution in [3.8, 4) is 16.4 Å². The van der Waals surface area contributed by atoms with Crippen LogP contribution in [0.1, 0.15) is 12.5 Å². The van der Waals surface area contributed by atoms with E-state index in [0.29, 0.717) is 27.9 Å². The fourth-order valence-electron chi connectivity index (χ4n) is 3.32. The van der Waals surface area contributed by atoms with Crippen LogP contribution in [0.2, 0.25) is 0 Å². The van der Waals surface area contributed by atoms with Gasteiger partial charge in [-0.3, -0.25) is 9.89 Å². The summed E-state index contributed by atoms with van der Waals surface area (Å²) in [6.45, 7) is 1.83. The molecule has 0 amide bonds. The second-order valence-corrected chi connectivity index (χ2v) is 7.73. The third kappa shape index (κ3) is 3.25. The first kappa shape index (κ1) is 18.2. The number of H-pyrrole nitrogens is 1. The Morgan fingerprint density at radius 2 is 1.77 bits per heavy atom. The summed E-state index contributed by atoms with van der Waals surface area (Å²) in [6, 6.07) is 23.1. The number of fused-ring (bicyclic) bond motifs is 1. The molecule has 0 saturated heterocycles. The van der Waals surface area contributed by atoms with E-state index in [2.05, 4.69) is 20.1 Å². The molecular formula is C23H17N5OS. The molecule has 0 unspecified atom stereocenters. The summed E-state index contributed by atoms with van der Waals surface area (Å²) in [5.74, 6) is 0.557. The first-order valence-corrected chi connectivity index (χ1v) is 10.3. The number of hydrogen-bond acceptors (Lipinski definition) is 5. The van der Waals surface area contributed by atoms with Crippen LogP contribution in [0.25, 0.3) is 26.6 Å². The Bertz CT molecular complexity index is 1380. The number of aromatic nitrogens is 4. The van der Waals surface area contributed by atoms with Gasteiger partial charge >= 0.3 is 0 Å². The Balaban J connectivity index is 1.72. The van der Waals surface area contributed by atoms with Crippen molar-refractivity contribution < 1.29 is 0 Å². The summed E-state index contributed by atoms with van der Waals surface area (Å²) in [4.78, 5) is 26.9. The van der Waals surface area contributed by atoms with E-state index in [0.717, 1.165) is 15.8 Å². The molecule has 0 aliphatic rings. The topological polar surface area (TPSA) is 75.9 Å². The van der Waals surface area contributed by atoms with Crippen molar-refractivity contribution in [1.82, 2.24) is 19.7 Å². The number of benzene rings is 2. The standard InChI is InChI=1S/C23H17N5OS/c1-15(25-19-13-7-8-14-24-19)20-21(16-9-3-2-4-10-16)27-28(22(20)29)23-26-17-11-5-6-12-18(17)30-23/h2-14,27H,1H3/b25-15+. The van der Waals surface area contributed by atoms with E-state index in [1.807, 2.05) is 79.7 Å². The number of aromatic amines is 1. The van der Waals surface area contributed by atoms with Gasteiger partial charge in [-0.25, -0.2) is 15.0 Å². The molecule has 5 rings (SSSR count). The Hall–Kier alpha value is -3.84. The van der Waals surface area contributed by atoms with Crippen molar-refractivity contribution in [3.63, 3.8) is 0 Å². The summed E-state index contributed by atoms with van der Waals surface area (Å²) >= 11 is 1.47. The monoisotopic (exact) mass is 411 g/mol. The van der Waals surface area contributed by atoms with Gasteiger partial charge in [-0.2, -0.15) is 4.68 Å². The Morgan fingerprint density at radius 1 is 1.00 bits per heavy atom. The van der Waals surface area contributed by atoms with E-state index >= 15 is 0 Å². The molecule has 1 N–H and O–H groups in total. The largest absolute Gasteiger partial charge is 0.288 e. The van der Waals surface area contributed by atoms with Crippen LogP contribution in [0.15, 0.2) is 88.8 Å². The molecule has 0 aliphatic carbocycles. The molecular weight excluding hydrogens is 394 g/mol. The van der Waals surface area contributed by atoms with Crippen molar-refractivity contribution in [3.05, 3.63) is 94.9 Å². The van der Waals surface area contributed by atoms with Crippen LogP contribution in [0.4, 0.5) is 5.82 Å². The lowest BCUT2D eigenvalue weighted by atomic mass is 10.1. The van der Waals surface area contributed by atoms with Gasteiger partial charge in [0.15, 0.2) is 5.82 Å². The summed E-state index contributed by atoms with van der Waals surface area (Å²) in [5.41, 5.74) is 3.38. The number of aliphatic imine (C=N–C) groups is 1. The molecule has 7 heteroatoms. The molecule has 3 aromatic heterocycles. The molecule has 0 aliphatic heterocycles. The average Bonchev–Trinajstić information content (AvgIpc) is 3.36. The fraction of sp³-hybridized carbons (Fsp3) is 0.0435. The summed E-state index contributed by atoms with van der Waals surface area (Å²) < 4.78 is 2.52. The third-order valence-corrected chi connectivity index (χ3v) is 5.74. The van der Waals surface area contributed by atoms with Gasteiger partial charge in [0.25, 0.3) is 5.56 Å². The highest BCUT2D eigenvalue weighted by molar-refractivity contribution is 7.20. The summed E-state index contributed by atoms with van der Waals surface area (Å²) in [5, 5.41) is 3.85. The van der Waals surface area contributed by atoms with Crippen molar-refractivity contribution in [2.45, 2.75) is 6.92 Å². The van der Waals surface area contributed by atoms with E-state index in [4.69, 9.17) is 0 Å². The van der Waals surface area contributed by atoms with E-state index in [9.17, 15) is 4.79 Å². The molecule has 0 spiro atoms. The lowest BCUT2D eigenvalue weighted by molar-refractivity contribution is 0.845. The van der Waals surface area contributed by atoms with Gasteiger partial charge in [-0.15, -0.1) is 0 Å². The molecule has 146 valence electrons. The minimum atomic E-state index is -0.190. The predicted octanol–water partition coefficient (Wildman–Crippen LogP) is 4.98. The molecule has 0 fully saturated rings. The second-order valence-electron chi connectivity index (χ2n) is 6.72. The van der Waals surface area contributed by atoms with Crippen molar-refractivity contribution in [2.75, 3.05) is 0 Å². The predicted molar refractivity (Wildman–Crippen MR) is 121 cm³/mol. The maximum absolute atomic E-state index is 13.5. The molecule has 0 atom stereocenters. The second kappa shape index (κ2) is 7.53. The van der Waals surface area contributed by atoms with Gasteiger partial charge in [-0.05, 0) is 31.2 Å². The highest BCUT2D eigenvalue weighted by Crippen LogP contribution is 2.26. The lowest BCUT2D eigenvalue weighted by Gasteiger charge is -2.02. The van der Waals surface area contributed by atoms with E-state index in [-0.39, 0.29) is 5.56 Å². The summed E-state index contributed by atoms with van der Waals surface area (Å²) in [7, 11) is 0. The number of rotatable bonds is 4. The zero-order chi connectivity index (χ0) is 20.5. The molecule has 5 aromatic rings. The van der Waals surface area contributed by atoms with Crippen LogP contribution < -0.4 is 5.56 Å². The molecule has 2 aromatic carbocycles. The fourth-order valence-corrected chi connectivity index (χ4v) is 4.25. The highest BCUT2D eigenvalue weighted by Gasteiger charge is 2.21. The number of pyridine rings is 1. The smallest absolute Gasteiger partial charge is 0.283 e. The van der Waals surface area contributed by atoms with Crippen molar-refractivity contribution in [2.24, 2.45) is 4.99 Å². The van der Waals surface area contributed by atoms with Gasteiger partial charge in [0.1, 0.15) is 0 Å². The SMILES string of the molecule is C/C(=N\c1ccccn1)c1c(-c2ccccc2)[nH]n(-c2nc3ccccc3s2)c1=O. The number of hydrogen-bond donors (Lipinski definition) is 1. The zero-order valence-corrected chi connectivity index (χ0v) is 16.9. The quantitative estimate of drug-likeness (QED) is 0.424. The molecule has 30 heavy (non-hydrogen) atoms. The van der Waals surface area contributed by atoms with Crippen LogP contribution in [-0.2, 0) is 0 Å². The van der Waals surface area contributed by atoms with Crippen LogP contribution >= 0.6 is 11.3 Å². The van der Waals surface area contributed by atoms with Gasteiger partial charge in [-0.1, -0.05) is 59.9 Å². The molecule has 0 bridgehead atoms. The minimum Gasteiger partial charge on any atom is -0.288 e. The number of nitrogens with zero attached hydrogens (tertiary/aromatic N) is 4. The number of nitrogens with one attached hydrogen (secondary N) is 1. The number of thiazole rings is 1. The Morgan fingerprint density at radius 3 is 2.53 bits per heavy atom. The van der Waals surface area contributed by atoms with Gasteiger partial charge < -0.3 is 0 Å². The molecule has 0 saturated carbocycles. The maximum Gasteiger partial charge on any atom is 0.283 e. The van der Waals surface area contributed by atoms with E-state index < -0.39 is 0 Å². The average molecular weight is 411 g/mol. The molecule has 6 nitrogen and oxygen atoms in total. The van der Waals surface area contributed by atoms with Crippen LogP contribution in [0.3, 0.4) is 0 Å². The van der Waals surface area contributed by atoms with Crippen molar-refractivity contribution >= 4 is 33.1 Å². The number of para-hydroxylation sites is 1. The zero-order valence-electron chi connectivity index (χ0n) is 16.1. The van der Waals surface area contributed by atoms with Gasteiger partial charge in [0.2, 0.25) is 5.13 Å². The maximum atomic E-state index is 13.5. The van der Waals surface area contributed by atoms with Gasteiger partial charge in [0, 0.05) is 11.8 Å². The first-order chi connectivity index (χ1) is 14.7. The normalized spacial score (nSPS) is 11.8.